The third-order valence-corrected chi connectivity index (χ3v) is 2.02. The number of halogens is 1. The SMILES string of the molecule is C\C=C(F)/C=C\C(=C/C)NC1COC1. The van der Waals surface area contributed by atoms with Gasteiger partial charge in [-0.25, -0.2) is 4.39 Å². The predicted molar refractivity (Wildman–Crippen MR) is 55.5 cm³/mol. The third-order valence-electron chi connectivity index (χ3n) is 2.02. The van der Waals surface area contributed by atoms with E-state index < -0.39 is 0 Å². The Morgan fingerprint density at radius 1 is 1.29 bits per heavy atom. The van der Waals surface area contributed by atoms with Crippen molar-refractivity contribution < 1.29 is 9.13 Å². The lowest BCUT2D eigenvalue weighted by Crippen LogP contribution is -2.45. The van der Waals surface area contributed by atoms with E-state index in [4.69, 9.17) is 4.74 Å². The third kappa shape index (κ3) is 3.34. The van der Waals surface area contributed by atoms with Gasteiger partial charge in [0.1, 0.15) is 5.83 Å². The van der Waals surface area contributed by atoms with Crippen molar-refractivity contribution in [2.75, 3.05) is 13.2 Å². The average Bonchev–Trinajstić information content (AvgIpc) is 2.15. The first-order valence-electron chi connectivity index (χ1n) is 4.76. The Morgan fingerprint density at radius 3 is 2.43 bits per heavy atom. The minimum atomic E-state index is -0.226. The molecule has 0 bridgehead atoms. The van der Waals surface area contributed by atoms with Crippen LogP contribution in [0.25, 0.3) is 0 Å². The summed E-state index contributed by atoms with van der Waals surface area (Å²) < 4.78 is 17.8. The summed E-state index contributed by atoms with van der Waals surface area (Å²) in [5.74, 6) is -0.226. The summed E-state index contributed by atoms with van der Waals surface area (Å²) in [6.45, 7) is 5.05. The fourth-order valence-corrected chi connectivity index (χ4v) is 1.05. The van der Waals surface area contributed by atoms with Gasteiger partial charge in [-0.15, -0.1) is 0 Å². The minimum absolute atomic E-state index is 0.226. The second-order valence-corrected chi connectivity index (χ2v) is 3.13. The van der Waals surface area contributed by atoms with Crippen LogP contribution in [0.1, 0.15) is 13.8 Å². The van der Waals surface area contributed by atoms with Gasteiger partial charge < -0.3 is 10.1 Å². The van der Waals surface area contributed by atoms with Gasteiger partial charge in [0.05, 0.1) is 19.3 Å². The highest BCUT2D eigenvalue weighted by molar-refractivity contribution is 5.23. The van der Waals surface area contributed by atoms with Gasteiger partial charge in [0.15, 0.2) is 0 Å². The zero-order chi connectivity index (χ0) is 10.4. The molecule has 1 rings (SSSR count). The summed E-state index contributed by atoms with van der Waals surface area (Å²) >= 11 is 0. The molecule has 0 spiro atoms. The molecule has 0 aromatic heterocycles. The minimum Gasteiger partial charge on any atom is -0.378 e. The standard InChI is InChI=1S/C11H16FNO/c1-3-9(12)5-6-10(4-2)13-11-7-14-8-11/h3-6,11,13H,7-8H2,1-2H3/b6-5-,9-3+,10-4+. The zero-order valence-corrected chi connectivity index (χ0v) is 8.59. The summed E-state index contributed by atoms with van der Waals surface area (Å²) in [6.07, 6.45) is 6.52. The Kier molecular flexibility index (Phi) is 4.40. The molecule has 1 aliphatic rings. The second-order valence-electron chi connectivity index (χ2n) is 3.13. The highest BCUT2D eigenvalue weighted by Gasteiger charge is 2.17. The molecule has 0 saturated carbocycles. The Morgan fingerprint density at radius 2 is 2.00 bits per heavy atom. The van der Waals surface area contributed by atoms with Crippen LogP contribution in [0.3, 0.4) is 0 Å². The number of allylic oxidation sites excluding steroid dienone is 5. The van der Waals surface area contributed by atoms with Crippen molar-refractivity contribution >= 4 is 0 Å². The molecular formula is C11H16FNO. The summed E-state index contributed by atoms with van der Waals surface area (Å²) in [4.78, 5) is 0. The first-order valence-corrected chi connectivity index (χ1v) is 4.76. The molecule has 1 N–H and O–H groups in total. The van der Waals surface area contributed by atoms with E-state index in [1.807, 2.05) is 13.0 Å². The number of ether oxygens (including phenoxy) is 1. The second kappa shape index (κ2) is 5.60. The highest BCUT2D eigenvalue weighted by Crippen LogP contribution is 2.06. The van der Waals surface area contributed by atoms with E-state index in [9.17, 15) is 4.39 Å². The fourth-order valence-electron chi connectivity index (χ4n) is 1.05. The molecule has 78 valence electrons. The van der Waals surface area contributed by atoms with E-state index in [0.717, 1.165) is 18.9 Å². The van der Waals surface area contributed by atoms with Crippen LogP contribution < -0.4 is 5.32 Å². The van der Waals surface area contributed by atoms with E-state index in [2.05, 4.69) is 5.32 Å². The van der Waals surface area contributed by atoms with Crippen LogP contribution in [-0.2, 0) is 4.74 Å². The molecule has 3 heteroatoms. The van der Waals surface area contributed by atoms with Crippen molar-refractivity contribution in [3.63, 3.8) is 0 Å². The molecule has 0 aromatic rings. The van der Waals surface area contributed by atoms with Crippen molar-refractivity contribution in [2.24, 2.45) is 0 Å². The van der Waals surface area contributed by atoms with E-state index in [1.165, 1.54) is 12.2 Å². The first kappa shape index (κ1) is 11.0. The molecule has 0 atom stereocenters. The van der Waals surface area contributed by atoms with Crippen LogP contribution in [0, 0.1) is 0 Å². The zero-order valence-electron chi connectivity index (χ0n) is 8.59. The van der Waals surface area contributed by atoms with Gasteiger partial charge in [-0.05, 0) is 26.0 Å². The molecule has 1 aliphatic heterocycles. The Hall–Kier alpha value is -1.09. The quantitative estimate of drug-likeness (QED) is 0.698. The average molecular weight is 197 g/mol. The van der Waals surface area contributed by atoms with Crippen LogP contribution in [0.5, 0.6) is 0 Å². The van der Waals surface area contributed by atoms with E-state index in [0.29, 0.717) is 6.04 Å². The van der Waals surface area contributed by atoms with Gasteiger partial charge in [-0.1, -0.05) is 12.2 Å². The highest BCUT2D eigenvalue weighted by atomic mass is 19.1. The molecule has 0 radical (unpaired) electrons. The van der Waals surface area contributed by atoms with Crippen molar-refractivity contribution in [1.29, 1.82) is 0 Å². The van der Waals surface area contributed by atoms with Gasteiger partial charge in [0.2, 0.25) is 0 Å². The maximum Gasteiger partial charge on any atom is 0.119 e. The lowest BCUT2D eigenvalue weighted by molar-refractivity contribution is -0.000319. The van der Waals surface area contributed by atoms with Crippen molar-refractivity contribution in [3.05, 3.63) is 35.8 Å². The van der Waals surface area contributed by atoms with E-state index >= 15 is 0 Å². The van der Waals surface area contributed by atoms with Gasteiger partial charge >= 0.3 is 0 Å². The Bertz CT molecular complexity index is 264. The summed E-state index contributed by atoms with van der Waals surface area (Å²) in [5, 5.41) is 3.24. The van der Waals surface area contributed by atoms with Crippen molar-refractivity contribution in [3.8, 4) is 0 Å². The largest absolute Gasteiger partial charge is 0.378 e. The van der Waals surface area contributed by atoms with E-state index in [1.54, 1.807) is 13.0 Å². The summed E-state index contributed by atoms with van der Waals surface area (Å²) in [7, 11) is 0. The molecule has 1 saturated heterocycles. The number of nitrogens with one attached hydrogen (secondary N) is 1. The smallest absolute Gasteiger partial charge is 0.119 e. The van der Waals surface area contributed by atoms with Crippen LogP contribution in [0.15, 0.2) is 35.8 Å². The van der Waals surface area contributed by atoms with Gasteiger partial charge in [-0.2, -0.15) is 0 Å². The van der Waals surface area contributed by atoms with Crippen molar-refractivity contribution in [2.45, 2.75) is 19.9 Å². The molecule has 2 nitrogen and oxygen atoms in total. The molecule has 0 aromatic carbocycles. The molecular weight excluding hydrogens is 181 g/mol. The van der Waals surface area contributed by atoms with Crippen LogP contribution in [-0.4, -0.2) is 19.3 Å². The molecule has 0 amide bonds. The molecule has 1 fully saturated rings. The molecule has 14 heavy (non-hydrogen) atoms. The number of hydrogen-bond donors (Lipinski definition) is 1. The normalized spacial score (nSPS) is 19.9. The molecule has 0 unspecified atom stereocenters. The first-order chi connectivity index (χ1) is 6.76. The van der Waals surface area contributed by atoms with Crippen LogP contribution in [0.4, 0.5) is 4.39 Å². The van der Waals surface area contributed by atoms with Crippen LogP contribution >= 0.6 is 0 Å². The topological polar surface area (TPSA) is 21.3 Å². The van der Waals surface area contributed by atoms with Crippen molar-refractivity contribution in [1.82, 2.24) is 5.32 Å². The monoisotopic (exact) mass is 197 g/mol. The maximum atomic E-state index is 12.8. The van der Waals surface area contributed by atoms with Gasteiger partial charge in [0.25, 0.3) is 0 Å². The van der Waals surface area contributed by atoms with E-state index in [-0.39, 0.29) is 5.83 Å². The Labute approximate surface area is 84.1 Å². The maximum absolute atomic E-state index is 12.8. The lowest BCUT2D eigenvalue weighted by Gasteiger charge is -2.28. The van der Waals surface area contributed by atoms with Gasteiger partial charge in [-0.3, -0.25) is 0 Å². The molecule has 0 aliphatic carbocycles. The summed E-state index contributed by atoms with van der Waals surface area (Å²) in [5.41, 5.74) is 0.926. The lowest BCUT2D eigenvalue weighted by atomic mass is 10.2. The van der Waals surface area contributed by atoms with Crippen LogP contribution in [0.2, 0.25) is 0 Å². The molecule has 1 heterocycles. The van der Waals surface area contributed by atoms with Gasteiger partial charge in [0, 0.05) is 5.70 Å². The number of hydrogen-bond acceptors (Lipinski definition) is 2. The predicted octanol–water partition coefficient (Wildman–Crippen LogP) is 2.31. The fraction of sp³-hybridized carbons (Fsp3) is 0.455. The summed E-state index contributed by atoms with van der Waals surface area (Å²) in [6, 6.07) is 0.375. The Balaban J connectivity index is 2.42. The number of rotatable bonds is 4.